The van der Waals surface area contributed by atoms with E-state index in [-0.39, 0.29) is 18.0 Å². The van der Waals surface area contributed by atoms with E-state index in [0.29, 0.717) is 25.9 Å². The summed E-state index contributed by atoms with van der Waals surface area (Å²) in [6.45, 7) is 6.73. The van der Waals surface area contributed by atoms with Crippen LogP contribution >= 0.6 is 0 Å². The molecule has 5 nitrogen and oxygen atoms in total. The zero-order chi connectivity index (χ0) is 18.1. The van der Waals surface area contributed by atoms with Crippen molar-refractivity contribution in [3.63, 3.8) is 0 Å². The average molecular weight is 345 g/mol. The van der Waals surface area contributed by atoms with Gasteiger partial charge in [0, 0.05) is 32.4 Å². The number of benzene rings is 1. The highest BCUT2D eigenvalue weighted by Crippen LogP contribution is 2.40. The highest BCUT2D eigenvalue weighted by atomic mass is 16.6. The molecule has 136 valence electrons. The molecule has 0 aliphatic carbocycles. The van der Waals surface area contributed by atoms with Gasteiger partial charge in [0.1, 0.15) is 11.2 Å². The number of hydrogen-bond donors (Lipinski definition) is 0. The van der Waals surface area contributed by atoms with E-state index < -0.39 is 11.2 Å². The quantitative estimate of drug-likeness (QED) is 0.769. The predicted molar refractivity (Wildman–Crippen MR) is 94.1 cm³/mol. The van der Waals surface area contributed by atoms with Crippen LogP contribution in [0, 0.1) is 5.92 Å². The second-order valence-electron chi connectivity index (χ2n) is 8.16. The lowest BCUT2D eigenvalue weighted by Gasteiger charge is -2.38. The molecule has 5 heteroatoms. The molecule has 1 spiro atoms. The van der Waals surface area contributed by atoms with Gasteiger partial charge in [-0.05, 0) is 32.8 Å². The van der Waals surface area contributed by atoms with Crippen molar-refractivity contribution in [1.82, 2.24) is 4.90 Å². The van der Waals surface area contributed by atoms with E-state index in [2.05, 4.69) is 0 Å². The number of piperidine rings is 1. The summed E-state index contributed by atoms with van der Waals surface area (Å²) in [6, 6.07) is 10.0. The van der Waals surface area contributed by atoms with Crippen LogP contribution in [0.2, 0.25) is 0 Å². The summed E-state index contributed by atoms with van der Waals surface area (Å²) < 4.78 is 11.2. The first-order chi connectivity index (χ1) is 11.8. The lowest BCUT2D eigenvalue weighted by atomic mass is 9.83. The standard InChI is InChI=1S/C20H27NO4/c1-19(2,3)25-18(23)21-11-9-20(10-12-21)14-16(17(22)24-20)13-15-7-5-4-6-8-15/h4-8,16H,9-14H2,1-3H3. The van der Waals surface area contributed by atoms with E-state index in [9.17, 15) is 9.59 Å². The van der Waals surface area contributed by atoms with E-state index in [1.54, 1.807) is 4.90 Å². The first kappa shape index (κ1) is 17.8. The second-order valence-corrected chi connectivity index (χ2v) is 8.16. The van der Waals surface area contributed by atoms with Crippen LogP contribution in [0.5, 0.6) is 0 Å². The van der Waals surface area contributed by atoms with Crippen molar-refractivity contribution < 1.29 is 19.1 Å². The van der Waals surface area contributed by atoms with Gasteiger partial charge in [0.05, 0.1) is 5.92 Å². The molecule has 3 rings (SSSR count). The fraction of sp³-hybridized carbons (Fsp3) is 0.600. The minimum absolute atomic E-state index is 0.0875. The molecule has 0 aromatic heterocycles. The summed E-state index contributed by atoms with van der Waals surface area (Å²) >= 11 is 0. The Balaban J connectivity index is 1.57. The number of amides is 1. The van der Waals surface area contributed by atoms with E-state index in [4.69, 9.17) is 9.47 Å². The van der Waals surface area contributed by atoms with Crippen molar-refractivity contribution in [3.05, 3.63) is 35.9 Å². The molecule has 2 aliphatic heterocycles. The average Bonchev–Trinajstić information content (AvgIpc) is 2.82. The Labute approximate surface area is 149 Å². The number of carbonyl (C=O) groups excluding carboxylic acids is 2. The highest BCUT2D eigenvalue weighted by Gasteiger charge is 2.48. The lowest BCUT2D eigenvalue weighted by molar-refractivity contribution is -0.153. The summed E-state index contributed by atoms with van der Waals surface area (Å²) in [6.07, 6.45) is 2.54. The summed E-state index contributed by atoms with van der Waals surface area (Å²) in [4.78, 5) is 26.2. The Morgan fingerprint density at radius 2 is 1.88 bits per heavy atom. The molecule has 1 unspecified atom stereocenters. The van der Waals surface area contributed by atoms with Crippen LogP contribution in [0.3, 0.4) is 0 Å². The van der Waals surface area contributed by atoms with E-state index in [0.717, 1.165) is 18.4 Å². The molecule has 2 fully saturated rings. The smallest absolute Gasteiger partial charge is 0.410 e. The van der Waals surface area contributed by atoms with Gasteiger partial charge in [0.25, 0.3) is 0 Å². The first-order valence-electron chi connectivity index (χ1n) is 9.01. The van der Waals surface area contributed by atoms with Crippen LogP contribution < -0.4 is 0 Å². The maximum absolute atomic E-state index is 12.3. The fourth-order valence-electron chi connectivity index (χ4n) is 3.65. The monoisotopic (exact) mass is 345 g/mol. The highest BCUT2D eigenvalue weighted by molar-refractivity contribution is 5.76. The van der Waals surface area contributed by atoms with E-state index in [1.807, 2.05) is 51.1 Å². The number of likely N-dealkylation sites (tertiary alicyclic amines) is 1. The van der Waals surface area contributed by atoms with Crippen molar-refractivity contribution >= 4 is 12.1 Å². The molecule has 0 N–H and O–H groups in total. The van der Waals surface area contributed by atoms with Gasteiger partial charge in [-0.2, -0.15) is 0 Å². The van der Waals surface area contributed by atoms with Crippen LogP contribution in [0.15, 0.2) is 30.3 Å². The normalized spacial score (nSPS) is 22.8. The Bertz CT molecular complexity index is 627. The fourth-order valence-corrected chi connectivity index (χ4v) is 3.65. The molecule has 0 radical (unpaired) electrons. The molecule has 0 saturated carbocycles. The maximum atomic E-state index is 12.3. The van der Waals surface area contributed by atoms with Crippen molar-refractivity contribution in [1.29, 1.82) is 0 Å². The summed E-state index contributed by atoms with van der Waals surface area (Å²) in [5.74, 6) is -0.190. The molecule has 1 amide bonds. The number of rotatable bonds is 2. The Kier molecular flexibility index (Phi) is 4.76. The third-order valence-electron chi connectivity index (χ3n) is 4.92. The van der Waals surface area contributed by atoms with Crippen molar-refractivity contribution in [3.8, 4) is 0 Å². The topological polar surface area (TPSA) is 55.8 Å². The zero-order valence-corrected chi connectivity index (χ0v) is 15.3. The molecule has 25 heavy (non-hydrogen) atoms. The molecular formula is C20H27NO4. The van der Waals surface area contributed by atoms with Crippen LogP contribution in [0.4, 0.5) is 4.79 Å². The summed E-state index contributed by atoms with van der Waals surface area (Å²) in [7, 11) is 0. The molecule has 2 heterocycles. The van der Waals surface area contributed by atoms with Gasteiger partial charge in [0.15, 0.2) is 0 Å². The van der Waals surface area contributed by atoms with Crippen LogP contribution in [0.1, 0.15) is 45.6 Å². The van der Waals surface area contributed by atoms with Crippen molar-refractivity contribution in [2.45, 2.75) is 57.7 Å². The zero-order valence-electron chi connectivity index (χ0n) is 15.3. The molecular weight excluding hydrogens is 318 g/mol. The van der Waals surface area contributed by atoms with Gasteiger partial charge in [0.2, 0.25) is 0 Å². The number of ether oxygens (including phenoxy) is 2. The Hall–Kier alpha value is -2.04. The minimum atomic E-state index is -0.493. The maximum Gasteiger partial charge on any atom is 0.410 e. The largest absolute Gasteiger partial charge is 0.459 e. The minimum Gasteiger partial charge on any atom is -0.459 e. The third kappa shape index (κ3) is 4.33. The van der Waals surface area contributed by atoms with E-state index >= 15 is 0 Å². The van der Waals surface area contributed by atoms with Gasteiger partial charge in [-0.15, -0.1) is 0 Å². The number of hydrogen-bond acceptors (Lipinski definition) is 4. The van der Waals surface area contributed by atoms with Gasteiger partial charge in [-0.3, -0.25) is 4.79 Å². The van der Waals surface area contributed by atoms with Crippen LogP contribution in [-0.2, 0) is 20.7 Å². The van der Waals surface area contributed by atoms with Crippen LogP contribution in [-0.4, -0.2) is 41.3 Å². The molecule has 1 aromatic rings. The second kappa shape index (κ2) is 6.70. The molecule has 2 aliphatic rings. The van der Waals surface area contributed by atoms with E-state index in [1.165, 1.54) is 0 Å². The number of carbonyl (C=O) groups is 2. The number of nitrogens with zero attached hydrogens (tertiary/aromatic N) is 1. The SMILES string of the molecule is CC(C)(C)OC(=O)N1CCC2(CC1)CC(Cc1ccccc1)C(=O)O2. The Morgan fingerprint density at radius 1 is 1.24 bits per heavy atom. The van der Waals surface area contributed by atoms with Gasteiger partial charge < -0.3 is 14.4 Å². The summed E-state index contributed by atoms with van der Waals surface area (Å²) in [5, 5.41) is 0. The first-order valence-corrected chi connectivity index (χ1v) is 9.01. The molecule has 1 aromatic carbocycles. The molecule has 1 atom stereocenters. The third-order valence-corrected chi connectivity index (χ3v) is 4.92. The Morgan fingerprint density at radius 3 is 2.48 bits per heavy atom. The predicted octanol–water partition coefficient (Wildman–Crippen LogP) is 3.56. The van der Waals surface area contributed by atoms with Crippen LogP contribution in [0.25, 0.3) is 0 Å². The van der Waals surface area contributed by atoms with Gasteiger partial charge in [-0.1, -0.05) is 30.3 Å². The van der Waals surface area contributed by atoms with Crippen molar-refractivity contribution in [2.75, 3.05) is 13.1 Å². The lowest BCUT2D eigenvalue weighted by Crippen LogP contribution is -2.48. The molecule has 2 saturated heterocycles. The summed E-state index contributed by atoms with van der Waals surface area (Å²) in [5.41, 5.74) is 0.259. The van der Waals surface area contributed by atoms with Crippen molar-refractivity contribution in [2.24, 2.45) is 5.92 Å². The van der Waals surface area contributed by atoms with Gasteiger partial charge in [-0.25, -0.2) is 4.79 Å². The number of esters is 1. The van der Waals surface area contributed by atoms with Gasteiger partial charge >= 0.3 is 12.1 Å². The molecule has 0 bridgehead atoms.